The summed E-state index contributed by atoms with van der Waals surface area (Å²) in [6.07, 6.45) is 3.09. The zero-order valence-corrected chi connectivity index (χ0v) is 11.4. The number of hydrogen-bond acceptors (Lipinski definition) is 3. The Morgan fingerprint density at radius 2 is 1.00 bits per heavy atom. The van der Waals surface area contributed by atoms with Crippen molar-refractivity contribution in [3.05, 3.63) is 56.0 Å². The fourth-order valence-corrected chi connectivity index (χ4v) is 1.89. The fourth-order valence-electron chi connectivity index (χ4n) is 1.89. The molecule has 0 amide bonds. The zero-order valence-electron chi connectivity index (χ0n) is 11.4. The molecular weight excluding hydrogens is 276 g/mol. The van der Waals surface area contributed by atoms with Crippen LogP contribution in [0.15, 0.2) is 50.1 Å². The monoisotopic (exact) mass is 293 g/mol. The molecule has 0 fully saturated rings. The van der Waals surface area contributed by atoms with Crippen molar-refractivity contribution in [2.45, 2.75) is 0 Å². The third-order valence-corrected chi connectivity index (χ3v) is 2.92. The van der Waals surface area contributed by atoms with Crippen molar-refractivity contribution in [1.82, 2.24) is 0 Å². The van der Waals surface area contributed by atoms with E-state index in [9.17, 15) is 24.6 Å². The smallest absolute Gasteiger partial charge is 0.314 e. The Balaban J connectivity index is 5.96. The lowest BCUT2D eigenvalue weighted by Gasteiger charge is -2.29. The van der Waals surface area contributed by atoms with Crippen LogP contribution in [-0.2, 0) is 14.4 Å². The van der Waals surface area contributed by atoms with E-state index in [1.807, 2.05) is 0 Å². The van der Waals surface area contributed by atoms with Crippen molar-refractivity contribution in [2.24, 2.45) is 17.8 Å². The minimum Gasteiger partial charge on any atom is -0.481 e. The van der Waals surface area contributed by atoms with Crippen LogP contribution in [0.25, 0.3) is 0 Å². The molecule has 0 aliphatic heterocycles. The van der Waals surface area contributed by atoms with Crippen LogP contribution in [-0.4, -0.2) is 33.2 Å². The van der Waals surface area contributed by atoms with Gasteiger partial charge in [0.25, 0.3) is 0 Å². The van der Waals surface area contributed by atoms with Crippen LogP contribution >= 0.6 is 0 Å². The van der Waals surface area contributed by atoms with E-state index in [1.165, 1.54) is 0 Å². The molecule has 6 heteroatoms. The average Bonchev–Trinajstić information content (AvgIpc) is 2.37. The summed E-state index contributed by atoms with van der Waals surface area (Å²) < 4.78 is 0. The van der Waals surface area contributed by atoms with Gasteiger partial charge in [-0.2, -0.15) is 0 Å². The molecule has 1 radical (unpaired) electrons. The molecule has 0 saturated carbocycles. The minimum atomic E-state index is -1.39. The van der Waals surface area contributed by atoms with Gasteiger partial charge in [-0.05, 0) is 5.57 Å². The molecule has 0 aromatic heterocycles. The lowest BCUT2D eigenvalue weighted by molar-refractivity contribution is -0.143. The van der Waals surface area contributed by atoms with Crippen LogP contribution < -0.4 is 0 Å². The van der Waals surface area contributed by atoms with Gasteiger partial charge in [0, 0.05) is 5.92 Å². The van der Waals surface area contributed by atoms with E-state index < -0.39 is 35.7 Å². The van der Waals surface area contributed by atoms with Crippen molar-refractivity contribution in [1.29, 1.82) is 0 Å². The molecule has 0 bridgehead atoms. The summed E-state index contributed by atoms with van der Waals surface area (Å²) in [5, 5.41) is 27.4. The summed E-state index contributed by atoms with van der Waals surface area (Å²) in [4.78, 5) is 33.7. The summed E-state index contributed by atoms with van der Waals surface area (Å²) in [6, 6.07) is 0. The van der Waals surface area contributed by atoms with Crippen LogP contribution in [0.4, 0.5) is 0 Å². The second kappa shape index (κ2) is 7.84. The Bertz CT molecular complexity index is 464. The highest BCUT2D eigenvalue weighted by atomic mass is 16.4. The molecular formula is C15H17O6. The molecule has 3 N–H and O–H groups in total. The number of carbonyl (C=O) groups is 3. The molecule has 0 spiro atoms. The topological polar surface area (TPSA) is 112 Å². The van der Waals surface area contributed by atoms with Crippen LogP contribution in [0.1, 0.15) is 0 Å². The maximum Gasteiger partial charge on any atom is 0.314 e. The SMILES string of the molecule is C=CC([C](C(=C)C(C=C)C(=O)O)C(C=C)C(=O)O)C(=O)O. The predicted octanol–water partition coefficient (Wildman–Crippen LogP) is 1.78. The van der Waals surface area contributed by atoms with Gasteiger partial charge < -0.3 is 15.3 Å². The first kappa shape index (κ1) is 18.4. The summed E-state index contributed by atoms with van der Waals surface area (Å²) in [5.74, 6) is -8.30. The number of aliphatic carboxylic acids is 3. The van der Waals surface area contributed by atoms with Crippen LogP contribution in [0, 0.1) is 23.7 Å². The highest BCUT2D eigenvalue weighted by molar-refractivity contribution is 5.85. The van der Waals surface area contributed by atoms with Crippen molar-refractivity contribution in [2.75, 3.05) is 0 Å². The average molecular weight is 293 g/mol. The Hall–Kier alpha value is -2.63. The highest BCUT2D eigenvalue weighted by Crippen LogP contribution is 2.37. The lowest BCUT2D eigenvalue weighted by atomic mass is 9.73. The van der Waals surface area contributed by atoms with E-state index >= 15 is 0 Å². The van der Waals surface area contributed by atoms with Crippen molar-refractivity contribution < 1.29 is 29.7 Å². The molecule has 21 heavy (non-hydrogen) atoms. The maximum atomic E-state index is 11.3. The van der Waals surface area contributed by atoms with Gasteiger partial charge in [0.1, 0.15) is 0 Å². The number of rotatable bonds is 10. The molecule has 0 aromatic rings. The Labute approximate surface area is 122 Å². The molecule has 0 saturated heterocycles. The van der Waals surface area contributed by atoms with Crippen molar-refractivity contribution in [3.8, 4) is 0 Å². The van der Waals surface area contributed by atoms with Gasteiger partial charge >= 0.3 is 17.9 Å². The highest BCUT2D eigenvalue weighted by Gasteiger charge is 2.40. The molecule has 0 aromatic carbocycles. The van der Waals surface area contributed by atoms with E-state index in [2.05, 4.69) is 26.3 Å². The molecule has 6 nitrogen and oxygen atoms in total. The van der Waals surface area contributed by atoms with Crippen LogP contribution in [0.5, 0.6) is 0 Å². The zero-order chi connectivity index (χ0) is 16.7. The molecule has 0 aliphatic rings. The molecule has 0 aliphatic carbocycles. The van der Waals surface area contributed by atoms with Gasteiger partial charge in [0.05, 0.1) is 17.8 Å². The summed E-state index contributed by atoms with van der Waals surface area (Å²) in [6.45, 7) is 13.6. The van der Waals surface area contributed by atoms with Gasteiger partial charge in [-0.1, -0.05) is 24.8 Å². The van der Waals surface area contributed by atoms with E-state index in [0.717, 1.165) is 18.2 Å². The standard InChI is InChI=1S/C15H17O6/c1-5-9(13(16)17)8(4)12(10(6-2)14(18)19)11(7-3)15(20)21/h5-7,9-11H,1-4H2,(H,16,17)(H,18,19)(H,20,21). The maximum absolute atomic E-state index is 11.3. The van der Waals surface area contributed by atoms with E-state index in [0.29, 0.717) is 0 Å². The van der Waals surface area contributed by atoms with E-state index in [1.54, 1.807) is 0 Å². The normalized spacial score (nSPS) is 14.5. The van der Waals surface area contributed by atoms with Gasteiger partial charge in [0.2, 0.25) is 0 Å². The molecule has 113 valence electrons. The molecule has 0 rings (SSSR count). The first-order valence-electron chi connectivity index (χ1n) is 5.84. The first-order chi connectivity index (χ1) is 9.72. The number of hydrogen-bond donors (Lipinski definition) is 3. The number of carboxylic acids is 3. The number of carboxylic acid groups (broad SMARTS) is 3. The Kier molecular flexibility index (Phi) is 6.86. The van der Waals surface area contributed by atoms with Gasteiger partial charge in [-0.15, -0.1) is 19.7 Å². The van der Waals surface area contributed by atoms with Crippen LogP contribution in [0.2, 0.25) is 0 Å². The second-order valence-electron chi connectivity index (χ2n) is 4.14. The molecule has 3 unspecified atom stereocenters. The van der Waals surface area contributed by atoms with Crippen molar-refractivity contribution in [3.63, 3.8) is 0 Å². The van der Waals surface area contributed by atoms with Crippen LogP contribution in [0.3, 0.4) is 0 Å². The van der Waals surface area contributed by atoms with Gasteiger partial charge in [0.15, 0.2) is 0 Å². The van der Waals surface area contributed by atoms with E-state index in [4.69, 9.17) is 5.11 Å². The van der Waals surface area contributed by atoms with Gasteiger partial charge in [-0.3, -0.25) is 14.4 Å². The summed E-state index contributed by atoms with van der Waals surface area (Å²) in [5.41, 5.74) is -0.155. The second-order valence-corrected chi connectivity index (χ2v) is 4.14. The Morgan fingerprint density at radius 3 is 1.19 bits per heavy atom. The fraction of sp³-hybridized carbons (Fsp3) is 0.200. The van der Waals surface area contributed by atoms with E-state index in [-0.39, 0.29) is 11.5 Å². The predicted molar refractivity (Wildman–Crippen MR) is 76.4 cm³/mol. The minimum absolute atomic E-state index is 0.155. The quantitative estimate of drug-likeness (QED) is 0.529. The lowest BCUT2D eigenvalue weighted by Crippen LogP contribution is -2.34. The molecule has 3 atom stereocenters. The summed E-state index contributed by atoms with van der Waals surface area (Å²) >= 11 is 0. The largest absolute Gasteiger partial charge is 0.481 e. The molecule has 0 heterocycles. The summed E-state index contributed by atoms with van der Waals surface area (Å²) in [7, 11) is 0. The third kappa shape index (κ3) is 4.17. The van der Waals surface area contributed by atoms with Crippen molar-refractivity contribution >= 4 is 17.9 Å². The first-order valence-corrected chi connectivity index (χ1v) is 5.84. The Morgan fingerprint density at radius 1 is 0.714 bits per heavy atom. The third-order valence-electron chi connectivity index (χ3n) is 2.92. The van der Waals surface area contributed by atoms with Gasteiger partial charge in [-0.25, -0.2) is 0 Å².